The minimum atomic E-state index is -1.79. The summed E-state index contributed by atoms with van der Waals surface area (Å²) in [6.45, 7) is 2.89. The number of hydrogen-bond donors (Lipinski definition) is 4. The van der Waals surface area contributed by atoms with E-state index in [2.05, 4.69) is 10.6 Å². The average Bonchev–Trinajstić information content (AvgIpc) is 2.79. The number of Topliss-reactive ketones (excluding diaryl/α,β-unsaturated/α-hetero) is 2. The van der Waals surface area contributed by atoms with Gasteiger partial charge in [-0.2, -0.15) is 0 Å². The van der Waals surface area contributed by atoms with Crippen LogP contribution in [0.4, 0.5) is 9.18 Å². The molecule has 12 heteroatoms. The van der Waals surface area contributed by atoms with Crippen LogP contribution in [0.25, 0.3) is 0 Å². The maximum absolute atomic E-state index is 12.6. The van der Waals surface area contributed by atoms with Crippen molar-refractivity contribution in [3.8, 4) is 0 Å². The van der Waals surface area contributed by atoms with Crippen LogP contribution in [0.15, 0.2) is 30.3 Å². The summed E-state index contributed by atoms with van der Waals surface area (Å²) in [6.07, 6.45) is -1.80. The predicted molar refractivity (Wildman–Crippen MR) is 116 cm³/mol. The molecule has 3 amide bonds. The molecule has 34 heavy (non-hydrogen) atoms. The Bertz CT molecular complexity index is 907. The summed E-state index contributed by atoms with van der Waals surface area (Å²) in [4.78, 5) is 71.2. The number of benzene rings is 1. The van der Waals surface area contributed by atoms with E-state index < -0.39 is 72.6 Å². The first-order valence-electron chi connectivity index (χ1n) is 10.4. The fourth-order valence-corrected chi connectivity index (χ4v) is 2.74. The highest BCUT2D eigenvalue weighted by Gasteiger charge is 2.32. The third-order valence-electron chi connectivity index (χ3n) is 4.60. The molecular weight excluding hydrogens is 453 g/mol. The summed E-state index contributed by atoms with van der Waals surface area (Å²) in [6, 6.07) is 4.71. The van der Waals surface area contributed by atoms with Gasteiger partial charge in [-0.15, -0.1) is 0 Å². The van der Waals surface area contributed by atoms with Crippen molar-refractivity contribution in [3.63, 3.8) is 0 Å². The monoisotopic (exact) mass is 481 g/mol. The standard InChI is InChI=1S/C22H28FN3O8/c1-12(2)18(26-22(33)34-11-14-7-5-4-6-8-14)21(32)24-13(3)20(31)25-15(9-17(28)29)19(30)16(27)10-23/h4-8,12-13,15,18H,9-11H2,1-3H3,(H,24,32)(H,25,31)(H,26,33)(H,28,29)/t13-,15-,18-/m0/s1. The summed E-state index contributed by atoms with van der Waals surface area (Å²) < 4.78 is 17.6. The summed E-state index contributed by atoms with van der Waals surface area (Å²) >= 11 is 0. The van der Waals surface area contributed by atoms with Gasteiger partial charge in [-0.1, -0.05) is 44.2 Å². The second-order valence-electron chi connectivity index (χ2n) is 7.74. The van der Waals surface area contributed by atoms with Crippen LogP contribution in [0.2, 0.25) is 0 Å². The van der Waals surface area contributed by atoms with Gasteiger partial charge >= 0.3 is 12.1 Å². The molecule has 0 radical (unpaired) electrons. The number of hydrogen-bond acceptors (Lipinski definition) is 7. The summed E-state index contributed by atoms with van der Waals surface area (Å²) in [5, 5.41) is 15.7. The lowest BCUT2D eigenvalue weighted by Crippen LogP contribution is -2.56. The highest BCUT2D eigenvalue weighted by Crippen LogP contribution is 2.06. The highest BCUT2D eigenvalue weighted by atomic mass is 19.1. The fraction of sp³-hybridized carbons (Fsp3) is 0.455. The Labute approximate surface area is 195 Å². The number of carboxylic acid groups (broad SMARTS) is 1. The summed E-state index contributed by atoms with van der Waals surface area (Å²) in [5.74, 6) is -6.51. The van der Waals surface area contributed by atoms with Crippen molar-refractivity contribution in [1.29, 1.82) is 0 Å². The number of aliphatic carboxylic acids is 1. The quantitative estimate of drug-likeness (QED) is 0.296. The molecule has 0 saturated heterocycles. The largest absolute Gasteiger partial charge is 0.481 e. The Balaban J connectivity index is 2.73. The number of carboxylic acids is 1. The molecule has 0 unspecified atom stereocenters. The number of halogens is 1. The van der Waals surface area contributed by atoms with E-state index in [-0.39, 0.29) is 6.61 Å². The molecule has 0 aliphatic carbocycles. The molecule has 3 atom stereocenters. The molecule has 0 aliphatic rings. The Kier molecular flexibility index (Phi) is 11.3. The van der Waals surface area contributed by atoms with Crippen molar-refractivity contribution in [2.75, 3.05) is 6.67 Å². The number of rotatable bonds is 13. The van der Waals surface area contributed by atoms with E-state index in [9.17, 15) is 33.2 Å². The predicted octanol–water partition coefficient (Wildman–Crippen LogP) is 0.509. The van der Waals surface area contributed by atoms with Gasteiger partial charge in [0.25, 0.3) is 0 Å². The van der Waals surface area contributed by atoms with Crippen LogP contribution >= 0.6 is 0 Å². The van der Waals surface area contributed by atoms with E-state index in [1.54, 1.807) is 44.2 Å². The van der Waals surface area contributed by atoms with Crippen LogP contribution in [0.1, 0.15) is 32.8 Å². The molecule has 0 saturated carbocycles. The van der Waals surface area contributed by atoms with E-state index in [0.29, 0.717) is 0 Å². The van der Waals surface area contributed by atoms with Gasteiger partial charge in [0.15, 0.2) is 6.67 Å². The van der Waals surface area contributed by atoms with Crippen molar-refractivity contribution in [1.82, 2.24) is 16.0 Å². The van der Waals surface area contributed by atoms with Gasteiger partial charge in [-0.05, 0) is 18.4 Å². The number of ketones is 2. The van der Waals surface area contributed by atoms with Gasteiger partial charge in [-0.3, -0.25) is 24.0 Å². The fourth-order valence-electron chi connectivity index (χ4n) is 2.74. The van der Waals surface area contributed by atoms with Gasteiger partial charge in [0.1, 0.15) is 24.7 Å². The zero-order valence-corrected chi connectivity index (χ0v) is 19.0. The number of nitrogens with one attached hydrogen (secondary N) is 3. The van der Waals surface area contributed by atoms with E-state index >= 15 is 0 Å². The first kappa shape index (κ1) is 28.2. The van der Waals surface area contributed by atoms with E-state index in [1.165, 1.54) is 6.92 Å². The minimum absolute atomic E-state index is 0.0193. The molecule has 0 bridgehead atoms. The molecule has 0 aromatic heterocycles. The minimum Gasteiger partial charge on any atom is -0.481 e. The van der Waals surface area contributed by atoms with Crippen molar-refractivity contribution < 1.29 is 43.0 Å². The molecule has 0 fully saturated rings. The third kappa shape index (κ3) is 9.35. The van der Waals surface area contributed by atoms with Crippen LogP contribution in [0, 0.1) is 5.92 Å². The summed E-state index contributed by atoms with van der Waals surface area (Å²) in [7, 11) is 0. The zero-order valence-electron chi connectivity index (χ0n) is 19.0. The van der Waals surface area contributed by atoms with Crippen LogP contribution < -0.4 is 16.0 Å². The number of ether oxygens (including phenoxy) is 1. The number of alkyl carbamates (subject to hydrolysis) is 1. The van der Waals surface area contributed by atoms with Crippen molar-refractivity contribution in [3.05, 3.63) is 35.9 Å². The lowest BCUT2D eigenvalue weighted by molar-refractivity contribution is -0.143. The first-order valence-corrected chi connectivity index (χ1v) is 10.4. The molecule has 0 heterocycles. The van der Waals surface area contributed by atoms with Crippen LogP contribution in [0.5, 0.6) is 0 Å². The zero-order chi connectivity index (χ0) is 25.8. The molecule has 0 aliphatic heterocycles. The molecule has 11 nitrogen and oxygen atoms in total. The number of carbonyl (C=O) groups is 6. The highest BCUT2D eigenvalue weighted by molar-refractivity contribution is 6.40. The molecule has 1 aromatic carbocycles. The van der Waals surface area contributed by atoms with E-state index in [4.69, 9.17) is 9.84 Å². The maximum atomic E-state index is 12.6. The van der Waals surface area contributed by atoms with Gasteiger partial charge in [0.05, 0.1) is 6.42 Å². The second kappa shape index (κ2) is 13.7. The maximum Gasteiger partial charge on any atom is 0.408 e. The van der Waals surface area contributed by atoms with Crippen LogP contribution in [-0.4, -0.2) is 65.4 Å². The van der Waals surface area contributed by atoms with Crippen molar-refractivity contribution in [2.24, 2.45) is 5.92 Å². The summed E-state index contributed by atoms with van der Waals surface area (Å²) in [5.41, 5.74) is 0.741. The van der Waals surface area contributed by atoms with Gasteiger partial charge in [0, 0.05) is 0 Å². The third-order valence-corrected chi connectivity index (χ3v) is 4.60. The Hall–Kier alpha value is -3.83. The van der Waals surface area contributed by atoms with Crippen LogP contribution in [-0.2, 0) is 35.3 Å². The molecule has 1 aromatic rings. The van der Waals surface area contributed by atoms with Gasteiger partial charge in [0.2, 0.25) is 23.4 Å². The molecule has 186 valence electrons. The molecule has 1 rings (SSSR count). The van der Waals surface area contributed by atoms with E-state index in [1.807, 2.05) is 5.32 Å². The lowest BCUT2D eigenvalue weighted by atomic mass is 10.0. The molecular formula is C22H28FN3O8. The van der Waals surface area contributed by atoms with Gasteiger partial charge < -0.3 is 25.8 Å². The van der Waals surface area contributed by atoms with Crippen LogP contribution in [0.3, 0.4) is 0 Å². The number of alkyl halides is 1. The Morgan fingerprint density at radius 2 is 1.56 bits per heavy atom. The number of amides is 3. The van der Waals surface area contributed by atoms with Crippen molar-refractivity contribution in [2.45, 2.75) is 51.9 Å². The Morgan fingerprint density at radius 1 is 0.941 bits per heavy atom. The Morgan fingerprint density at radius 3 is 2.09 bits per heavy atom. The van der Waals surface area contributed by atoms with E-state index in [0.717, 1.165) is 5.56 Å². The SMILES string of the molecule is CC(C)[C@H](NC(=O)OCc1ccccc1)C(=O)N[C@@H](C)C(=O)N[C@@H](CC(=O)O)C(=O)C(=O)CF. The normalized spacial score (nSPS) is 13.2. The van der Waals surface area contributed by atoms with Gasteiger partial charge in [-0.25, -0.2) is 9.18 Å². The average molecular weight is 481 g/mol. The molecule has 0 spiro atoms. The number of carbonyl (C=O) groups excluding carboxylic acids is 5. The molecule has 4 N–H and O–H groups in total. The smallest absolute Gasteiger partial charge is 0.408 e. The lowest BCUT2D eigenvalue weighted by Gasteiger charge is -2.24. The van der Waals surface area contributed by atoms with Crippen molar-refractivity contribution >= 4 is 35.4 Å². The first-order chi connectivity index (χ1) is 16.0. The second-order valence-corrected chi connectivity index (χ2v) is 7.74. The topological polar surface area (TPSA) is 168 Å².